The predicted molar refractivity (Wildman–Crippen MR) is 67.1 cm³/mol. The minimum atomic E-state index is 0.123. The Balaban J connectivity index is 2.38. The zero-order chi connectivity index (χ0) is 12.6. The number of benzene rings is 1. The molecule has 4 nitrogen and oxygen atoms in total. The van der Waals surface area contributed by atoms with Gasteiger partial charge in [-0.3, -0.25) is 4.79 Å². The predicted octanol–water partition coefficient (Wildman–Crippen LogP) is 1.32. The first kappa shape index (κ1) is 11.9. The zero-order valence-electron chi connectivity index (χ0n) is 10.2. The van der Waals surface area contributed by atoms with Crippen LogP contribution in [0.2, 0.25) is 0 Å². The van der Waals surface area contributed by atoms with Crippen LogP contribution in [-0.4, -0.2) is 24.1 Å². The number of amides is 1. The molecular weight excluding hydrogens is 216 g/mol. The number of rotatable bonds is 2. The highest BCUT2D eigenvalue weighted by Gasteiger charge is 2.31. The summed E-state index contributed by atoms with van der Waals surface area (Å²) >= 11 is 0. The second kappa shape index (κ2) is 4.37. The molecular formula is C13H18N2O2. The lowest BCUT2D eigenvalue weighted by molar-refractivity contribution is -0.117. The highest BCUT2D eigenvalue weighted by atomic mass is 16.3. The van der Waals surface area contributed by atoms with E-state index in [0.29, 0.717) is 19.5 Å². The van der Waals surface area contributed by atoms with Gasteiger partial charge in [0.1, 0.15) is 5.75 Å². The van der Waals surface area contributed by atoms with Crippen molar-refractivity contribution in [3.63, 3.8) is 0 Å². The number of carbonyl (C=O) groups is 1. The zero-order valence-corrected chi connectivity index (χ0v) is 10.2. The lowest BCUT2D eigenvalue weighted by Gasteiger charge is -2.21. The highest BCUT2D eigenvalue weighted by molar-refractivity contribution is 5.97. The molecule has 0 spiro atoms. The van der Waals surface area contributed by atoms with Gasteiger partial charge < -0.3 is 15.7 Å². The van der Waals surface area contributed by atoms with E-state index < -0.39 is 0 Å². The SMILES string of the molecule is Cc1cc(O)cc(C)c1N1CC(CN)CC1=O. The third kappa shape index (κ3) is 2.13. The lowest BCUT2D eigenvalue weighted by Crippen LogP contribution is -2.27. The van der Waals surface area contributed by atoms with Crippen LogP contribution < -0.4 is 10.6 Å². The van der Waals surface area contributed by atoms with Gasteiger partial charge >= 0.3 is 0 Å². The van der Waals surface area contributed by atoms with Crippen molar-refractivity contribution in [2.75, 3.05) is 18.0 Å². The van der Waals surface area contributed by atoms with Gasteiger partial charge in [-0.1, -0.05) is 0 Å². The van der Waals surface area contributed by atoms with Crippen molar-refractivity contribution in [2.45, 2.75) is 20.3 Å². The maximum Gasteiger partial charge on any atom is 0.227 e. The van der Waals surface area contributed by atoms with E-state index in [1.54, 1.807) is 17.0 Å². The molecule has 92 valence electrons. The molecule has 17 heavy (non-hydrogen) atoms. The summed E-state index contributed by atoms with van der Waals surface area (Å²) in [5.41, 5.74) is 8.39. The van der Waals surface area contributed by atoms with Crippen molar-refractivity contribution < 1.29 is 9.90 Å². The average Bonchev–Trinajstić information content (AvgIpc) is 2.59. The number of carbonyl (C=O) groups excluding carboxylic acids is 1. The van der Waals surface area contributed by atoms with Crippen molar-refractivity contribution in [3.8, 4) is 5.75 Å². The quantitative estimate of drug-likeness (QED) is 0.811. The van der Waals surface area contributed by atoms with Crippen molar-refractivity contribution in [3.05, 3.63) is 23.3 Å². The van der Waals surface area contributed by atoms with Gasteiger partial charge in [-0.2, -0.15) is 0 Å². The monoisotopic (exact) mass is 234 g/mol. The Morgan fingerprint density at radius 1 is 1.41 bits per heavy atom. The molecule has 0 aliphatic carbocycles. The fourth-order valence-corrected chi connectivity index (χ4v) is 2.51. The van der Waals surface area contributed by atoms with E-state index in [9.17, 15) is 9.90 Å². The molecule has 0 saturated carbocycles. The van der Waals surface area contributed by atoms with Crippen molar-refractivity contribution in [2.24, 2.45) is 11.7 Å². The number of aryl methyl sites for hydroxylation is 2. The van der Waals surface area contributed by atoms with E-state index in [-0.39, 0.29) is 17.6 Å². The molecule has 1 atom stereocenters. The Morgan fingerprint density at radius 2 is 2.00 bits per heavy atom. The lowest BCUT2D eigenvalue weighted by atomic mass is 10.1. The number of anilines is 1. The molecule has 3 N–H and O–H groups in total. The van der Waals surface area contributed by atoms with E-state index in [4.69, 9.17) is 5.73 Å². The number of hydrogen-bond acceptors (Lipinski definition) is 3. The van der Waals surface area contributed by atoms with E-state index in [1.807, 2.05) is 13.8 Å². The molecule has 0 aromatic heterocycles. The van der Waals surface area contributed by atoms with Gasteiger partial charge in [0, 0.05) is 18.7 Å². The van der Waals surface area contributed by atoms with Crippen molar-refractivity contribution in [1.29, 1.82) is 0 Å². The molecule has 1 aromatic carbocycles. The van der Waals surface area contributed by atoms with Crippen molar-refractivity contribution in [1.82, 2.24) is 0 Å². The van der Waals surface area contributed by atoms with Crippen LogP contribution in [0.3, 0.4) is 0 Å². The van der Waals surface area contributed by atoms with Gasteiger partial charge in [-0.25, -0.2) is 0 Å². The standard InChI is InChI=1S/C13H18N2O2/c1-8-3-11(16)4-9(2)13(8)15-7-10(6-14)5-12(15)17/h3-4,10,16H,5-7,14H2,1-2H3. The first-order chi connectivity index (χ1) is 8.02. The second-order valence-electron chi connectivity index (χ2n) is 4.74. The molecule has 1 aliphatic heterocycles. The van der Waals surface area contributed by atoms with Crippen LogP contribution in [0.15, 0.2) is 12.1 Å². The smallest absolute Gasteiger partial charge is 0.227 e. The molecule has 1 aromatic rings. The van der Waals surface area contributed by atoms with Crippen molar-refractivity contribution >= 4 is 11.6 Å². The van der Waals surface area contributed by atoms with Crippen LogP contribution in [0.1, 0.15) is 17.5 Å². The minimum absolute atomic E-state index is 0.123. The number of aromatic hydroxyl groups is 1. The average molecular weight is 234 g/mol. The molecule has 4 heteroatoms. The molecule has 0 bridgehead atoms. The summed E-state index contributed by atoms with van der Waals surface area (Å²) < 4.78 is 0. The van der Waals surface area contributed by atoms with E-state index >= 15 is 0 Å². The van der Waals surface area contributed by atoms with Crippen LogP contribution in [0.25, 0.3) is 0 Å². The third-order valence-corrected chi connectivity index (χ3v) is 3.28. The van der Waals surface area contributed by atoms with E-state index in [1.165, 1.54) is 0 Å². The summed E-state index contributed by atoms with van der Waals surface area (Å²) in [6, 6.07) is 3.37. The molecule has 2 rings (SSSR count). The Hall–Kier alpha value is -1.55. The largest absolute Gasteiger partial charge is 0.508 e. The number of hydrogen-bond donors (Lipinski definition) is 2. The molecule has 1 heterocycles. The fourth-order valence-electron chi connectivity index (χ4n) is 2.51. The molecule has 1 aliphatic rings. The van der Waals surface area contributed by atoms with Crippen LogP contribution in [-0.2, 0) is 4.79 Å². The Morgan fingerprint density at radius 3 is 2.47 bits per heavy atom. The number of nitrogens with two attached hydrogens (primary N) is 1. The Labute approximate surface area is 101 Å². The number of nitrogens with zero attached hydrogens (tertiary/aromatic N) is 1. The van der Waals surface area contributed by atoms with Gasteiger partial charge in [0.25, 0.3) is 0 Å². The van der Waals surface area contributed by atoms with Crippen LogP contribution >= 0.6 is 0 Å². The van der Waals surface area contributed by atoms with Gasteiger partial charge in [-0.15, -0.1) is 0 Å². The third-order valence-electron chi connectivity index (χ3n) is 3.28. The first-order valence-electron chi connectivity index (χ1n) is 5.83. The molecule has 1 amide bonds. The molecule has 0 radical (unpaired) electrons. The minimum Gasteiger partial charge on any atom is -0.508 e. The van der Waals surface area contributed by atoms with Crippen LogP contribution in [0.4, 0.5) is 5.69 Å². The number of phenolic OH excluding ortho intramolecular Hbond substituents is 1. The van der Waals surface area contributed by atoms with Gasteiger partial charge in [0.15, 0.2) is 0 Å². The van der Waals surface area contributed by atoms with Crippen LogP contribution in [0, 0.1) is 19.8 Å². The van der Waals surface area contributed by atoms with E-state index in [2.05, 4.69) is 0 Å². The summed E-state index contributed by atoms with van der Waals surface area (Å²) in [6.45, 7) is 5.04. The summed E-state index contributed by atoms with van der Waals surface area (Å²) in [6.07, 6.45) is 0.524. The summed E-state index contributed by atoms with van der Waals surface area (Å²) in [4.78, 5) is 13.7. The second-order valence-corrected chi connectivity index (χ2v) is 4.74. The Bertz CT molecular complexity index is 434. The molecule has 1 unspecified atom stereocenters. The van der Waals surface area contributed by atoms with E-state index in [0.717, 1.165) is 16.8 Å². The van der Waals surface area contributed by atoms with Gasteiger partial charge in [0.05, 0.1) is 0 Å². The highest BCUT2D eigenvalue weighted by Crippen LogP contribution is 2.33. The normalized spacial score (nSPS) is 20.1. The fraction of sp³-hybridized carbons (Fsp3) is 0.462. The topological polar surface area (TPSA) is 66.6 Å². The van der Waals surface area contributed by atoms with Crippen LogP contribution in [0.5, 0.6) is 5.75 Å². The maximum absolute atomic E-state index is 11.9. The molecule has 1 fully saturated rings. The van der Waals surface area contributed by atoms with Gasteiger partial charge in [0.2, 0.25) is 5.91 Å². The summed E-state index contributed by atoms with van der Waals surface area (Å²) in [5.74, 6) is 0.609. The first-order valence-corrected chi connectivity index (χ1v) is 5.83. The summed E-state index contributed by atoms with van der Waals surface area (Å²) in [7, 11) is 0. The molecule has 1 saturated heterocycles. The number of phenols is 1. The summed E-state index contributed by atoms with van der Waals surface area (Å²) in [5, 5.41) is 9.50. The maximum atomic E-state index is 11.9. The Kier molecular flexibility index (Phi) is 3.07. The van der Waals surface area contributed by atoms with Gasteiger partial charge in [-0.05, 0) is 49.6 Å².